The fraction of sp³-hybridized carbons (Fsp3) is 0.190. The van der Waals surface area contributed by atoms with E-state index >= 15 is 0 Å². The molecular formula is C21H16F4N4. The van der Waals surface area contributed by atoms with Crippen LogP contribution in [0.3, 0.4) is 0 Å². The molecule has 0 aliphatic rings. The van der Waals surface area contributed by atoms with Crippen LogP contribution in [0.5, 0.6) is 0 Å². The van der Waals surface area contributed by atoms with Crippen molar-refractivity contribution < 1.29 is 17.6 Å². The van der Waals surface area contributed by atoms with E-state index < -0.39 is 23.3 Å². The van der Waals surface area contributed by atoms with E-state index in [0.717, 1.165) is 12.1 Å². The Morgan fingerprint density at radius 1 is 0.862 bits per heavy atom. The summed E-state index contributed by atoms with van der Waals surface area (Å²) < 4.78 is 56.4. The lowest BCUT2D eigenvalue weighted by atomic mass is 10.1. The van der Waals surface area contributed by atoms with Gasteiger partial charge in [-0.15, -0.1) is 0 Å². The van der Waals surface area contributed by atoms with Gasteiger partial charge in [-0.2, -0.15) is 0 Å². The van der Waals surface area contributed by atoms with Crippen LogP contribution < -0.4 is 0 Å². The molecule has 0 unspecified atom stereocenters. The SMILES string of the molecule is Cc1nc(CCc2nc(-c3ccc(F)cc3F)cn2C)nc2c(F)cc(F)cc12. The van der Waals surface area contributed by atoms with Crippen molar-refractivity contribution in [3.05, 3.63) is 77.1 Å². The second-order valence-electron chi connectivity index (χ2n) is 6.79. The van der Waals surface area contributed by atoms with Gasteiger partial charge in [0, 0.05) is 54.9 Å². The third kappa shape index (κ3) is 3.70. The topological polar surface area (TPSA) is 43.6 Å². The molecule has 0 saturated heterocycles. The summed E-state index contributed by atoms with van der Waals surface area (Å²) in [6.45, 7) is 1.67. The molecule has 4 aromatic rings. The zero-order valence-electron chi connectivity index (χ0n) is 15.7. The lowest BCUT2D eigenvalue weighted by Gasteiger charge is -2.07. The van der Waals surface area contributed by atoms with Crippen molar-refractivity contribution in [2.75, 3.05) is 0 Å². The van der Waals surface area contributed by atoms with E-state index in [1.165, 1.54) is 18.2 Å². The van der Waals surface area contributed by atoms with Gasteiger partial charge in [0.05, 0.1) is 5.69 Å². The number of aromatic nitrogens is 4. The summed E-state index contributed by atoms with van der Waals surface area (Å²) >= 11 is 0. The molecule has 0 amide bonds. The Bertz CT molecular complexity index is 1230. The first-order valence-electron chi connectivity index (χ1n) is 8.92. The van der Waals surface area contributed by atoms with E-state index in [0.29, 0.717) is 41.3 Å². The van der Waals surface area contributed by atoms with Crippen LogP contribution in [-0.4, -0.2) is 19.5 Å². The van der Waals surface area contributed by atoms with Crippen LogP contribution in [0.4, 0.5) is 17.6 Å². The Labute approximate surface area is 163 Å². The molecule has 0 aliphatic carbocycles. The summed E-state index contributed by atoms with van der Waals surface area (Å²) in [6, 6.07) is 5.33. The highest BCUT2D eigenvalue weighted by Crippen LogP contribution is 2.24. The molecule has 4 nitrogen and oxygen atoms in total. The van der Waals surface area contributed by atoms with E-state index in [4.69, 9.17) is 0 Å². The number of halogens is 4. The van der Waals surface area contributed by atoms with Gasteiger partial charge in [0.15, 0.2) is 5.82 Å². The molecule has 2 aromatic carbocycles. The number of fused-ring (bicyclic) bond motifs is 1. The number of rotatable bonds is 4. The van der Waals surface area contributed by atoms with Crippen LogP contribution in [0.2, 0.25) is 0 Å². The molecule has 0 radical (unpaired) electrons. The van der Waals surface area contributed by atoms with Crippen molar-refractivity contribution in [1.82, 2.24) is 19.5 Å². The zero-order valence-corrected chi connectivity index (χ0v) is 15.7. The number of benzene rings is 2. The molecule has 0 atom stereocenters. The fourth-order valence-corrected chi connectivity index (χ4v) is 3.26. The van der Waals surface area contributed by atoms with E-state index in [1.807, 2.05) is 0 Å². The van der Waals surface area contributed by atoms with Crippen molar-refractivity contribution in [2.24, 2.45) is 7.05 Å². The van der Waals surface area contributed by atoms with Crippen molar-refractivity contribution in [2.45, 2.75) is 19.8 Å². The number of hydrogen-bond acceptors (Lipinski definition) is 3. The van der Waals surface area contributed by atoms with E-state index in [-0.39, 0.29) is 11.1 Å². The van der Waals surface area contributed by atoms with E-state index in [2.05, 4.69) is 15.0 Å². The summed E-state index contributed by atoms with van der Waals surface area (Å²) in [7, 11) is 1.77. The van der Waals surface area contributed by atoms with Gasteiger partial charge in [-0.25, -0.2) is 32.5 Å². The molecule has 0 saturated carbocycles. The highest BCUT2D eigenvalue weighted by atomic mass is 19.1. The molecule has 0 N–H and O–H groups in total. The maximum Gasteiger partial charge on any atom is 0.152 e. The maximum atomic E-state index is 14.1. The molecule has 4 rings (SSSR count). The molecule has 148 valence electrons. The van der Waals surface area contributed by atoms with Crippen LogP contribution in [0.15, 0.2) is 36.5 Å². The second kappa shape index (κ2) is 7.27. The molecule has 8 heteroatoms. The van der Waals surface area contributed by atoms with Crippen molar-refractivity contribution >= 4 is 10.9 Å². The van der Waals surface area contributed by atoms with Crippen molar-refractivity contribution in [1.29, 1.82) is 0 Å². The predicted octanol–water partition coefficient (Wildman–Crippen LogP) is 4.68. The van der Waals surface area contributed by atoms with Gasteiger partial charge in [-0.3, -0.25) is 0 Å². The molecule has 2 heterocycles. The summed E-state index contributed by atoms with van der Waals surface area (Å²) in [4.78, 5) is 13.0. The monoisotopic (exact) mass is 400 g/mol. The average molecular weight is 400 g/mol. The second-order valence-corrected chi connectivity index (χ2v) is 6.79. The maximum absolute atomic E-state index is 14.1. The first-order valence-corrected chi connectivity index (χ1v) is 8.92. The predicted molar refractivity (Wildman–Crippen MR) is 100 cm³/mol. The molecule has 29 heavy (non-hydrogen) atoms. The Kier molecular flexibility index (Phi) is 4.77. The summed E-state index contributed by atoms with van der Waals surface area (Å²) in [6.07, 6.45) is 2.44. The number of nitrogens with zero attached hydrogens (tertiary/aromatic N) is 4. The Morgan fingerprint density at radius 2 is 1.62 bits per heavy atom. The minimum absolute atomic E-state index is 0.0720. The summed E-state index contributed by atoms with van der Waals surface area (Å²) in [5, 5.41) is 0.331. The van der Waals surface area contributed by atoms with Gasteiger partial charge in [-0.05, 0) is 25.1 Å². The molecule has 0 bridgehead atoms. The minimum Gasteiger partial charge on any atom is -0.337 e. The van der Waals surface area contributed by atoms with Crippen molar-refractivity contribution in [3.8, 4) is 11.3 Å². The Balaban J connectivity index is 1.60. The largest absolute Gasteiger partial charge is 0.337 e. The van der Waals surface area contributed by atoms with Gasteiger partial charge in [0.2, 0.25) is 0 Å². The number of imidazole rings is 1. The van der Waals surface area contributed by atoms with Crippen LogP contribution >= 0.6 is 0 Å². The molecule has 0 spiro atoms. The Hall–Kier alpha value is -3.29. The van der Waals surface area contributed by atoms with Gasteiger partial charge in [0.1, 0.15) is 34.6 Å². The molecular weight excluding hydrogens is 384 g/mol. The molecule has 2 aromatic heterocycles. The number of aryl methyl sites for hydroxylation is 4. The summed E-state index contributed by atoms with van der Waals surface area (Å²) in [5.41, 5.74) is 1.15. The first-order chi connectivity index (χ1) is 13.8. The first kappa shape index (κ1) is 19.0. The Morgan fingerprint density at radius 3 is 2.38 bits per heavy atom. The van der Waals surface area contributed by atoms with E-state index in [9.17, 15) is 17.6 Å². The third-order valence-corrected chi connectivity index (χ3v) is 4.71. The average Bonchev–Trinajstić information content (AvgIpc) is 3.01. The van der Waals surface area contributed by atoms with Gasteiger partial charge < -0.3 is 4.57 Å². The van der Waals surface area contributed by atoms with Gasteiger partial charge >= 0.3 is 0 Å². The minimum atomic E-state index is -0.738. The smallest absolute Gasteiger partial charge is 0.152 e. The lowest BCUT2D eigenvalue weighted by Crippen LogP contribution is -2.05. The van der Waals surface area contributed by atoms with Gasteiger partial charge in [0.25, 0.3) is 0 Å². The molecule has 0 aliphatic heterocycles. The van der Waals surface area contributed by atoms with Crippen LogP contribution in [0, 0.1) is 30.2 Å². The zero-order chi connectivity index (χ0) is 20.7. The quantitative estimate of drug-likeness (QED) is 0.467. The lowest BCUT2D eigenvalue weighted by molar-refractivity contribution is 0.585. The van der Waals surface area contributed by atoms with Crippen LogP contribution in [0.25, 0.3) is 22.2 Å². The van der Waals surface area contributed by atoms with Crippen LogP contribution in [-0.2, 0) is 19.9 Å². The van der Waals surface area contributed by atoms with Crippen molar-refractivity contribution in [3.63, 3.8) is 0 Å². The fourth-order valence-electron chi connectivity index (χ4n) is 3.26. The highest BCUT2D eigenvalue weighted by Gasteiger charge is 2.14. The standard InChI is InChI=1S/C21H16F4N4/c1-11-15-7-13(23)9-17(25)21(15)28-19(26-11)5-6-20-27-18(10-29(20)2)14-4-3-12(22)8-16(14)24/h3-4,7-10H,5-6H2,1-2H3. The number of hydrogen-bond donors (Lipinski definition) is 0. The normalized spacial score (nSPS) is 11.4. The summed E-state index contributed by atoms with van der Waals surface area (Å²) in [5.74, 6) is -1.72. The highest BCUT2D eigenvalue weighted by molar-refractivity contribution is 5.81. The third-order valence-electron chi connectivity index (χ3n) is 4.71. The van der Waals surface area contributed by atoms with E-state index in [1.54, 1.807) is 24.7 Å². The van der Waals surface area contributed by atoms with Gasteiger partial charge in [-0.1, -0.05) is 0 Å². The molecule has 0 fully saturated rings. The van der Waals surface area contributed by atoms with Crippen LogP contribution in [0.1, 0.15) is 17.3 Å².